The summed E-state index contributed by atoms with van der Waals surface area (Å²) in [4.78, 5) is 77.4. The van der Waals surface area contributed by atoms with Crippen LogP contribution in [0.15, 0.2) is 129 Å². The van der Waals surface area contributed by atoms with Crippen LogP contribution >= 0.6 is 69.6 Å². The molecule has 15 rings (SSSR count). The maximum absolute atomic E-state index is 12.7. The molecule has 0 bridgehead atoms. The van der Waals surface area contributed by atoms with Crippen molar-refractivity contribution in [2.24, 2.45) is 21.1 Å². The van der Waals surface area contributed by atoms with Crippen molar-refractivity contribution in [1.82, 2.24) is 73.0 Å². The number of fused-ring (bicyclic) bond motifs is 6. The van der Waals surface area contributed by atoms with Crippen LogP contribution in [0.25, 0.3) is 34.9 Å². The molecule has 3 aliphatic carbocycles. The number of rotatable bonds is 9. The Kier molecular flexibility index (Phi) is 26.1. The molecule has 118 heavy (non-hydrogen) atoms. The van der Waals surface area contributed by atoms with Crippen LogP contribution in [0.3, 0.4) is 0 Å². The van der Waals surface area contributed by atoms with Gasteiger partial charge in [0.05, 0.1) is 105 Å². The highest BCUT2D eigenvalue weighted by Crippen LogP contribution is 2.51. The predicted molar refractivity (Wildman–Crippen MR) is 464 cm³/mol. The Hall–Kier alpha value is -8.73. The number of imidazole rings is 3. The highest BCUT2D eigenvalue weighted by Gasteiger charge is 2.45. The van der Waals surface area contributed by atoms with Gasteiger partial charge in [0.2, 0.25) is 0 Å². The molecule has 6 aromatic heterocycles. The van der Waals surface area contributed by atoms with Crippen LogP contribution in [0.1, 0.15) is 193 Å². The van der Waals surface area contributed by atoms with Crippen LogP contribution in [0.4, 0.5) is 14.4 Å². The molecule has 3 aliphatic heterocycles. The molecule has 3 N–H and O–H groups in total. The van der Waals surface area contributed by atoms with Gasteiger partial charge in [-0.3, -0.25) is 29.7 Å². The summed E-state index contributed by atoms with van der Waals surface area (Å²) in [6.07, 6.45) is 19.9. The maximum Gasteiger partial charge on any atom is 0.410 e. The zero-order valence-electron chi connectivity index (χ0n) is 68.3. The second-order valence-corrected chi connectivity index (χ2v) is 36.5. The topological polar surface area (TPSA) is 251 Å². The first-order valence-corrected chi connectivity index (χ1v) is 41.1. The molecule has 3 amide bonds. The Morgan fingerprint density at radius 2 is 0.593 bits per heavy atom. The first-order valence-electron chi connectivity index (χ1n) is 38.8. The van der Waals surface area contributed by atoms with Gasteiger partial charge in [0.1, 0.15) is 33.6 Å². The van der Waals surface area contributed by atoms with Crippen LogP contribution in [0.5, 0.6) is 0 Å². The van der Waals surface area contributed by atoms with Gasteiger partial charge in [-0.1, -0.05) is 95.2 Å². The number of aliphatic hydroxyl groups is 3. The number of nitrogens with zero attached hydrogens (tertiary/aromatic N) is 15. The third kappa shape index (κ3) is 19.0. The van der Waals surface area contributed by atoms with E-state index in [4.69, 9.17) is 98.8 Å². The van der Waals surface area contributed by atoms with Gasteiger partial charge in [0, 0.05) is 133 Å². The summed E-state index contributed by atoms with van der Waals surface area (Å²) in [6, 6.07) is 22.2. The van der Waals surface area contributed by atoms with E-state index in [1.165, 1.54) is 0 Å². The zero-order valence-corrected chi connectivity index (χ0v) is 72.9. The van der Waals surface area contributed by atoms with Crippen molar-refractivity contribution >= 4 is 123 Å². The van der Waals surface area contributed by atoms with Crippen LogP contribution in [0, 0.1) is 0 Å². The molecule has 3 aromatic carbocycles. The Balaban J connectivity index is 0.000000162. The van der Waals surface area contributed by atoms with Gasteiger partial charge in [0.25, 0.3) is 0 Å². The zero-order chi connectivity index (χ0) is 84.3. The van der Waals surface area contributed by atoms with E-state index in [0.29, 0.717) is 142 Å². The van der Waals surface area contributed by atoms with E-state index in [0.717, 1.165) is 67.2 Å². The fourth-order valence-corrected chi connectivity index (χ4v) is 17.3. The molecule has 3 saturated heterocycles. The highest BCUT2D eigenvalue weighted by molar-refractivity contribution is 6.32. The molecule has 0 radical (unpaired) electrons. The Morgan fingerprint density at radius 1 is 0.356 bits per heavy atom. The normalized spacial score (nSPS) is 19.3. The van der Waals surface area contributed by atoms with Gasteiger partial charge < -0.3 is 57.9 Å². The van der Waals surface area contributed by atoms with E-state index >= 15 is 0 Å². The van der Waals surface area contributed by atoms with E-state index in [2.05, 4.69) is 29.7 Å². The summed E-state index contributed by atoms with van der Waals surface area (Å²) in [5.41, 5.74) is 8.35. The largest absolute Gasteiger partial charge is 0.444 e. The van der Waals surface area contributed by atoms with Gasteiger partial charge in [-0.25, -0.2) is 29.3 Å². The van der Waals surface area contributed by atoms with E-state index in [1.807, 2.05) is 174 Å². The van der Waals surface area contributed by atoms with Gasteiger partial charge in [-0.05, 0) is 223 Å². The van der Waals surface area contributed by atoms with Gasteiger partial charge >= 0.3 is 18.3 Å². The third-order valence-electron chi connectivity index (χ3n) is 21.7. The Morgan fingerprint density at radius 3 is 0.805 bits per heavy atom. The molecule has 0 spiro atoms. The summed E-state index contributed by atoms with van der Waals surface area (Å²) in [7, 11) is 5.56. The molecule has 3 unspecified atom stereocenters. The monoisotopic (exact) mass is 1720 g/mol. The third-order valence-corrected chi connectivity index (χ3v) is 23.1. The van der Waals surface area contributed by atoms with Crippen LogP contribution < -0.4 is 0 Å². The van der Waals surface area contributed by atoms with Gasteiger partial charge in [-0.15, -0.1) is 0 Å². The number of piperazine rings is 3. The number of pyridine rings is 3. The lowest BCUT2D eigenvalue weighted by Gasteiger charge is -2.40. The van der Waals surface area contributed by atoms with Crippen molar-refractivity contribution in [2.75, 3.05) is 78.5 Å². The average Bonchev–Trinajstić information content (AvgIpc) is 1.72. The number of benzene rings is 3. The second-order valence-electron chi connectivity index (χ2n) is 33.9. The van der Waals surface area contributed by atoms with Crippen molar-refractivity contribution in [1.29, 1.82) is 0 Å². The fraction of sp³-hybridized carbons (Fsp3) is 0.420. The van der Waals surface area contributed by atoms with Crippen molar-refractivity contribution in [3.8, 4) is 0 Å². The quantitative estimate of drug-likeness (QED) is 0.114. The number of amides is 3. The first kappa shape index (κ1) is 88.6. The number of hydrogen-bond acceptors (Lipinski definition) is 18. The fourth-order valence-electron chi connectivity index (χ4n) is 16.2. The van der Waals surface area contributed by atoms with E-state index in [9.17, 15) is 29.7 Å². The lowest BCUT2D eigenvalue weighted by atomic mass is 9.84. The minimum Gasteiger partial charge on any atom is -0.444 e. The molecule has 6 atom stereocenters. The molecular formula is C88H103Cl6N15O9. The Bertz CT molecular complexity index is 4820. The minimum atomic E-state index is -1.39. The van der Waals surface area contributed by atoms with E-state index in [1.54, 1.807) is 105 Å². The number of aromatic nitrogens is 9. The van der Waals surface area contributed by atoms with Crippen molar-refractivity contribution < 1.29 is 43.9 Å². The van der Waals surface area contributed by atoms with Gasteiger partial charge in [0.15, 0.2) is 0 Å². The SMILES string of the molecule is C.Cn1cncc1C(C)(O)C1=Cc2cc(Cl)cnc2[C@H](N2CCN(C(=O)OC(C)(C)C)CC2)c2ccc(Cl)cc21.Cn1cncc1C(C)(O)C1=Cc2cc(Cl)cnc2[C@H](N2CCN(C(=O)OC(C)(C)C)CC2)c2ccc(Cl)cc21.Cn1cncc1C(C)(O)C1=Cc2cc(Cl)cnc2[C@H](N2CCN(C(=O)OC(C)(C)C)CC2)c2ccc(Cl)cc21. The number of carbonyl (C=O) groups excluding carboxylic acids is 3. The molecule has 0 saturated carbocycles. The van der Waals surface area contributed by atoms with Crippen LogP contribution in [0.2, 0.25) is 30.1 Å². The van der Waals surface area contributed by atoms with Crippen LogP contribution in [-0.2, 0) is 52.2 Å². The van der Waals surface area contributed by atoms with Crippen molar-refractivity contribution in [3.05, 3.63) is 243 Å². The summed E-state index contributed by atoms with van der Waals surface area (Å²) in [5.74, 6) is 0. The molecule has 6 aliphatic rings. The van der Waals surface area contributed by atoms with E-state index in [-0.39, 0.29) is 43.8 Å². The van der Waals surface area contributed by atoms with Crippen LogP contribution in [-0.4, -0.2) is 202 Å². The number of ether oxygens (including phenoxy) is 3. The summed E-state index contributed by atoms with van der Waals surface area (Å²) in [5, 5.41) is 39.3. The smallest absolute Gasteiger partial charge is 0.410 e. The maximum atomic E-state index is 12.7. The summed E-state index contributed by atoms with van der Waals surface area (Å²) >= 11 is 38.9. The molecule has 626 valence electrons. The molecule has 9 heterocycles. The molecule has 9 aromatic rings. The Labute approximate surface area is 720 Å². The van der Waals surface area contributed by atoms with Crippen molar-refractivity contribution in [2.45, 2.75) is 142 Å². The standard InChI is InChI=1S/3C29H33Cl2N5O3.CH4/c3*1-28(2,3)39-27(37)36-10-8-35(9-11-36)26-21-7-6-19(30)14-22(21)23(13-18-12-20(31)15-33-25(18)26)29(4,38)24-16-32-17-34(24)5;/h3*6-7,12-17,26,38H,8-11H2,1-5H3;1H4/t3*26-,29?;/m111./s1. The first-order chi connectivity index (χ1) is 55.0. The predicted octanol–water partition coefficient (Wildman–Crippen LogP) is 17.2. The molecular weight excluding hydrogens is 1620 g/mol. The molecule has 30 heteroatoms. The number of carbonyl (C=O) groups is 3. The van der Waals surface area contributed by atoms with Gasteiger partial charge in [-0.2, -0.15) is 0 Å². The second kappa shape index (κ2) is 34.8. The molecule has 24 nitrogen and oxygen atoms in total. The average molecular weight is 1730 g/mol. The summed E-state index contributed by atoms with van der Waals surface area (Å²) in [6.45, 7) is 28.9. The van der Waals surface area contributed by atoms with Crippen molar-refractivity contribution in [3.63, 3.8) is 0 Å². The number of halogens is 6. The minimum absolute atomic E-state index is 0. The van der Waals surface area contributed by atoms with E-state index < -0.39 is 33.6 Å². The molecule has 3 fully saturated rings. The summed E-state index contributed by atoms with van der Waals surface area (Å²) < 4.78 is 22.2. The number of aryl methyl sites for hydroxylation is 3. The lowest BCUT2D eigenvalue weighted by Crippen LogP contribution is -2.51. The highest BCUT2D eigenvalue weighted by atomic mass is 35.5. The lowest BCUT2D eigenvalue weighted by molar-refractivity contribution is 0.0108. The number of hydrogen-bond donors (Lipinski definition) is 3.